The third kappa shape index (κ3) is 2.59. The lowest BCUT2D eigenvalue weighted by Gasteiger charge is -2.12. The molecule has 0 aromatic heterocycles. The van der Waals surface area contributed by atoms with Crippen molar-refractivity contribution in [3.8, 4) is 0 Å². The van der Waals surface area contributed by atoms with Gasteiger partial charge < -0.3 is 5.32 Å². The maximum absolute atomic E-state index is 6.38. The van der Waals surface area contributed by atoms with Gasteiger partial charge in [-0.3, -0.25) is 4.99 Å². The van der Waals surface area contributed by atoms with E-state index in [1.165, 1.54) is 5.56 Å². The van der Waals surface area contributed by atoms with Gasteiger partial charge in [0.15, 0.2) is 0 Å². The number of hydrogen-bond donors (Lipinski definition) is 1. The molecule has 0 radical (unpaired) electrons. The lowest BCUT2D eigenvalue weighted by molar-refractivity contribution is 0.878. The lowest BCUT2D eigenvalue weighted by Crippen LogP contribution is -2.09. The first-order valence-electron chi connectivity index (χ1n) is 6.96. The van der Waals surface area contributed by atoms with Gasteiger partial charge in [-0.2, -0.15) is 0 Å². The summed E-state index contributed by atoms with van der Waals surface area (Å²) in [7, 11) is 0. The Kier molecular flexibility index (Phi) is 3.56. The van der Waals surface area contributed by atoms with Crippen LogP contribution >= 0.6 is 11.6 Å². The molecule has 0 fully saturated rings. The second-order valence-electron chi connectivity index (χ2n) is 5.33. The van der Waals surface area contributed by atoms with Gasteiger partial charge in [0.1, 0.15) is 0 Å². The van der Waals surface area contributed by atoms with Gasteiger partial charge >= 0.3 is 0 Å². The van der Waals surface area contributed by atoms with Crippen molar-refractivity contribution < 1.29 is 0 Å². The number of aliphatic imine (C=N–C) groups is 1. The summed E-state index contributed by atoms with van der Waals surface area (Å²) >= 11 is 6.38. The quantitative estimate of drug-likeness (QED) is 0.802. The number of nitrogens with zero attached hydrogens (tertiary/aromatic N) is 1. The molecule has 1 heterocycles. The van der Waals surface area contributed by atoms with Crippen molar-refractivity contribution in [2.45, 2.75) is 19.9 Å². The SMILES string of the molecule is C=C1Nc2ccc(C)cc2C(c2ccccc2Cl)=NC1C. The predicted octanol–water partition coefficient (Wildman–Crippen LogP) is 4.81. The Morgan fingerprint density at radius 2 is 1.90 bits per heavy atom. The predicted molar refractivity (Wildman–Crippen MR) is 90.5 cm³/mol. The first kappa shape index (κ1) is 13.9. The Morgan fingerprint density at radius 3 is 2.67 bits per heavy atom. The molecule has 0 spiro atoms. The van der Waals surface area contributed by atoms with Crippen LogP contribution in [0.3, 0.4) is 0 Å². The van der Waals surface area contributed by atoms with Crippen molar-refractivity contribution in [1.29, 1.82) is 0 Å². The van der Waals surface area contributed by atoms with E-state index in [1.807, 2.05) is 31.2 Å². The molecule has 0 aliphatic carbocycles. The average Bonchev–Trinajstić information content (AvgIpc) is 2.58. The fraction of sp³-hybridized carbons (Fsp3) is 0.167. The zero-order valence-electron chi connectivity index (χ0n) is 12.2. The van der Waals surface area contributed by atoms with Crippen LogP contribution in [0.25, 0.3) is 0 Å². The van der Waals surface area contributed by atoms with Crippen molar-refractivity contribution in [1.82, 2.24) is 0 Å². The molecule has 1 atom stereocenters. The molecule has 2 aromatic carbocycles. The number of aryl methyl sites for hydroxylation is 1. The van der Waals surface area contributed by atoms with E-state index >= 15 is 0 Å². The molecule has 1 N–H and O–H groups in total. The van der Waals surface area contributed by atoms with Crippen molar-refractivity contribution in [3.05, 3.63) is 76.5 Å². The Bertz CT molecular complexity index is 747. The van der Waals surface area contributed by atoms with Crippen molar-refractivity contribution in [3.63, 3.8) is 0 Å². The number of rotatable bonds is 1. The highest BCUT2D eigenvalue weighted by Crippen LogP contribution is 2.30. The van der Waals surface area contributed by atoms with E-state index in [0.29, 0.717) is 5.02 Å². The molecule has 1 aliphatic heterocycles. The number of anilines is 1. The van der Waals surface area contributed by atoms with Gasteiger partial charge in [0, 0.05) is 27.5 Å². The van der Waals surface area contributed by atoms with E-state index in [-0.39, 0.29) is 6.04 Å². The molecule has 21 heavy (non-hydrogen) atoms. The summed E-state index contributed by atoms with van der Waals surface area (Å²) < 4.78 is 0. The van der Waals surface area contributed by atoms with Crippen LogP contribution in [0.15, 0.2) is 59.7 Å². The Balaban J connectivity index is 2.27. The van der Waals surface area contributed by atoms with E-state index in [1.54, 1.807) is 0 Å². The minimum Gasteiger partial charge on any atom is -0.357 e. The number of nitrogens with one attached hydrogen (secondary N) is 1. The van der Waals surface area contributed by atoms with Crippen LogP contribution in [0.4, 0.5) is 5.69 Å². The summed E-state index contributed by atoms with van der Waals surface area (Å²) in [6.07, 6.45) is 0. The van der Waals surface area contributed by atoms with E-state index < -0.39 is 0 Å². The standard InChI is InChI=1S/C18H17ClN2/c1-11-8-9-17-15(10-11)18(21-13(3)12(2)20-17)14-6-4-5-7-16(14)19/h4-10,13,20H,2H2,1,3H3. The molecule has 0 bridgehead atoms. The fourth-order valence-electron chi connectivity index (χ4n) is 2.45. The van der Waals surface area contributed by atoms with Gasteiger partial charge in [0.2, 0.25) is 0 Å². The number of benzene rings is 2. The van der Waals surface area contributed by atoms with Crippen LogP contribution in [0.1, 0.15) is 23.6 Å². The maximum Gasteiger partial charge on any atom is 0.0871 e. The summed E-state index contributed by atoms with van der Waals surface area (Å²) in [5.74, 6) is 0. The molecule has 3 rings (SSSR count). The van der Waals surface area contributed by atoms with Crippen LogP contribution in [0.5, 0.6) is 0 Å². The highest BCUT2D eigenvalue weighted by Gasteiger charge is 2.20. The second kappa shape index (κ2) is 5.38. The molecule has 1 aliphatic rings. The molecule has 2 aromatic rings. The van der Waals surface area contributed by atoms with Gasteiger partial charge in [-0.05, 0) is 32.0 Å². The summed E-state index contributed by atoms with van der Waals surface area (Å²) in [6, 6.07) is 14.1. The van der Waals surface area contributed by atoms with Crippen LogP contribution in [0, 0.1) is 6.92 Å². The molecular formula is C18H17ClN2. The Hall–Kier alpha value is -2.06. The molecule has 1 unspecified atom stereocenters. The molecule has 0 saturated heterocycles. The minimum atomic E-state index is -0.0102. The maximum atomic E-state index is 6.38. The fourth-order valence-corrected chi connectivity index (χ4v) is 2.67. The average molecular weight is 297 g/mol. The summed E-state index contributed by atoms with van der Waals surface area (Å²) in [6.45, 7) is 8.19. The van der Waals surface area contributed by atoms with E-state index in [2.05, 4.69) is 37.0 Å². The normalized spacial score (nSPS) is 17.6. The molecule has 0 saturated carbocycles. The Labute approximate surface area is 130 Å². The molecule has 2 nitrogen and oxygen atoms in total. The van der Waals surface area contributed by atoms with Gasteiger partial charge in [-0.1, -0.05) is 48.0 Å². The highest BCUT2D eigenvalue weighted by atomic mass is 35.5. The third-order valence-corrected chi connectivity index (χ3v) is 4.01. The second-order valence-corrected chi connectivity index (χ2v) is 5.74. The van der Waals surface area contributed by atoms with Crippen molar-refractivity contribution in [2.24, 2.45) is 4.99 Å². The van der Waals surface area contributed by atoms with Gasteiger partial charge in [-0.15, -0.1) is 0 Å². The van der Waals surface area contributed by atoms with E-state index in [4.69, 9.17) is 16.6 Å². The number of fused-ring (bicyclic) bond motifs is 1. The minimum absolute atomic E-state index is 0.0102. The smallest absolute Gasteiger partial charge is 0.0871 e. The Morgan fingerprint density at radius 1 is 1.14 bits per heavy atom. The first-order valence-corrected chi connectivity index (χ1v) is 7.33. The van der Waals surface area contributed by atoms with Crippen LogP contribution in [-0.2, 0) is 0 Å². The van der Waals surface area contributed by atoms with Crippen LogP contribution < -0.4 is 5.32 Å². The zero-order chi connectivity index (χ0) is 15.0. The molecule has 3 heteroatoms. The zero-order valence-corrected chi connectivity index (χ0v) is 12.9. The molecule has 106 valence electrons. The summed E-state index contributed by atoms with van der Waals surface area (Å²) in [4.78, 5) is 4.84. The number of hydrogen-bond acceptors (Lipinski definition) is 2. The number of benzodiazepines with no additional fused rings is 1. The molecular weight excluding hydrogens is 280 g/mol. The monoisotopic (exact) mass is 296 g/mol. The third-order valence-electron chi connectivity index (χ3n) is 3.68. The van der Waals surface area contributed by atoms with Crippen molar-refractivity contribution in [2.75, 3.05) is 5.32 Å². The summed E-state index contributed by atoms with van der Waals surface area (Å²) in [5, 5.41) is 4.08. The molecule has 0 amide bonds. The lowest BCUT2D eigenvalue weighted by atomic mass is 9.99. The van der Waals surface area contributed by atoms with E-state index in [9.17, 15) is 0 Å². The largest absolute Gasteiger partial charge is 0.357 e. The first-order chi connectivity index (χ1) is 10.1. The van der Waals surface area contributed by atoms with Gasteiger partial charge in [-0.25, -0.2) is 0 Å². The van der Waals surface area contributed by atoms with Crippen LogP contribution in [0.2, 0.25) is 5.02 Å². The van der Waals surface area contributed by atoms with E-state index in [0.717, 1.165) is 28.2 Å². The van der Waals surface area contributed by atoms with Gasteiger partial charge in [0.05, 0.1) is 11.8 Å². The highest BCUT2D eigenvalue weighted by molar-refractivity contribution is 6.36. The topological polar surface area (TPSA) is 24.4 Å². The summed E-state index contributed by atoms with van der Waals surface area (Å²) in [5.41, 5.74) is 6.03. The van der Waals surface area contributed by atoms with Crippen LogP contribution in [-0.4, -0.2) is 11.8 Å². The van der Waals surface area contributed by atoms with Gasteiger partial charge in [0.25, 0.3) is 0 Å². The van der Waals surface area contributed by atoms with Crippen molar-refractivity contribution >= 4 is 23.0 Å². The number of halogens is 1.